The van der Waals surface area contributed by atoms with Crippen molar-refractivity contribution in [2.45, 2.75) is 18.3 Å². The molecule has 0 atom stereocenters. The molecular weight excluding hydrogens is 385 g/mol. The molecule has 0 radical (unpaired) electrons. The van der Waals surface area contributed by atoms with Gasteiger partial charge < -0.3 is 19.9 Å². The molecule has 0 aromatic heterocycles. The Bertz CT molecular complexity index is 769. The zero-order valence-corrected chi connectivity index (χ0v) is 17.8. The van der Waals surface area contributed by atoms with Crippen molar-refractivity contribution >= 4 is 11.9 Å². The first-order chi connectivity index (χ1) is 14.6. The largest absolute Gasteiger partial charge is 0.378 e. The standard InChI is InChI=1S/C22H32FN5O2/c1-24-21(25-17-22(5-6-22)18-3-2-4-19(23)15-18)28-9-7-26(8-10-28)16-20(29)27-11-13-30-14-12-27/h2-4,15H,5-14,16-17H2,1H3,(H,24,25). The SMILES string of the molecule is CN=C(NCC1(c2cccc(F)c2)CC1)N1CCN(CC(=O)N2CCOCC2)CC1. The van der Waals surface area contributed by atoms with Crippen LogP contribution in [0.3, 0.4) is 0 Å². The summed E-state index contributed by atoms with van der Waals surface area (Å²) in [5.74, 6) is 0.905. The number of halogens is 1. The molecule has 2 saturated heterocycles. The minimum Gasteiger partial charge on any atom is -0.378 e. The van der Waals surface area contributed by atoms with Crippen LogP contribution in [0.4, 0.5) is 4.39 Å². The molecule has 0 spiro atoms. The van der Waals surface area contributed by atoms with E-state index < -0.39 is 0 Å². The molecular formula is C22H32FN5O2. The van der Waals surface area contributed by atoms with E-state index in [1.54, 1.807) is 19.2 Å². The van der Waals surface area contributed by atoms with E-state index in [4.69, 9.17) is 4.74 Å². The van der Waals surface area contributed by atoms with Gasteiger partial charge in [-0.3, -0.25) is 14.7 Å². The third-order valence-corrected chi connectivity index (χ3v) is 6.48. The maximum Gasteiger partial charge on any atom is 0.236 e. The first kappa shape index (κ1) is 21.1. The minimum absolute atomic E-state index is 0.0183. The molecule has 1 saturated carbocycles. The number of hydrogen-bond donors (Lipinski definition) is 1. The number of benzene rings is 1. The van der Waals surface area contributed by atoms with Crippen LogP contribution < -0.4 is 5.32 Å². The van der Waals surface area contributed by atoms with Gasteiger partial charge in [-0.15, -0.1) is 0 Å². The molecule has 1 aromatic rings. The van der Waals surface area contributed by atoms with Crippen LogP contribution in [0.2, 0.25) is 0 Å². The third-order valence-electron chi connectivity index (χ3n) is 6.48. The maximum atomic E-state index is 13.6. The summed E-state index contributed by atoms with van der Waals surface area (Å²) >= 11 is 0. The predicted octanol–water partition coefficient (Wildman–Crippen LogP) is 0.909. The number of hydrogen-bond acceptors (Lipinski definition) is 4. The van der Waals surface area contributed by atoms with E-state index >= 15 is 0 Å². The van der Waals surface area contributed by atoms with Gasteiger partial charge in [0, 0.05) is 58.3 Å². The minimum atomic E-state index is -0.175. The zero-order chi connectivity index (χ0) is 21.0. The monoisotopic (exact) mass is 417 g/mol. The van der Waals surface area contributed by atoms with Gasteiger partial charge in [-0.25, -0.2) is 4.39 Å². The summed E-state index contributed by atoms with van der Waals surface area (Å²) < 4.78 is 19.0. The van der Waals surface area contributed by atoms with Crippen LogP contribution in [0.25, 0.3) is 0 Å². The smallest absolute Gasteiger partial charge is 0.236 e. The highest BCUT2D eigenvalue weighted by atomic mass is 19.1. The summed E-state index contributed by atoms with van der Waals surface area (Å²) in [5.41, 5.74) is 1.08. The number of amides is 1. The number of nitrogens with zero attached hydrogens (tertiary/aromatic N) is 4. The summed E-state index contributed by atoms with van der Waals surface area (Å²) in [6, 6.07) is 6.96. The zero-order valence-electron chi connectivity index (χ0n) is 17.8. The summed E-state index contributed by atoms with van der Waals surface area (Å²) in [7, 11) is 1.80. The first-order valence-electron chi connectivity index (χ1n) is 10.9. The Morgan fingerprint density at radius 3 is 2.50 bits per heavy atom. The molecule has 30 heavy (non-hydrogen) atoms. The molecule has 164 valence electrons. The van der Waals surface area contributed by atoms with Crippen LogP contribution in [0.5, 0.6) is 0 Å². The van der Waals surface area contributed by atoms with Gasteiger partial charge >= 0.3 is 0 Å². The van der Waals surface area contributed by atoms with Crippen LogP contribution in [-0.2, 0) is 14.9 Å². The fourth-order valence-electron chi connectivity index (χ4n) is 4.34. The number of ether oxygens (including phenoxy) is 1. The molecule has 0 unspecified atom stereocenters. The molecule has 2 heterocycles. The molecule has 1 aliphatic carbocycles. The lowest BCUT2D eigenvalue weighted by Crippen LogP contribution is -2.55. The van der Waals surface area contributed by atoms with Gasteiger partial charge in [-0.05, 0) is 30.5 Å². The molecule has 7 nitrogen and oxygen atoms in total. The highest BCUT2D eigenvalue weighted by Crippen LogP contribution is 2.47. The normalized spacial score (nSPS) is 22.1. The Labute approximate surface area is 177 Å². The number of nitrogens with one attached hydrogen (secondary N) is 1. The Hall–Kier alpha value is -2.19. The van der Waals surface area contributed by atoms with Gasteiger partial charge in [0.15, 0.2) is 5.96 Å². The Morgan fingerprint density at radius 2 is 1.87 bits per heavy atom. The molecule has 8 heteroatoms. The van der Waals surface area contributed by atoms with Crippen molar-refractivity contribution in [3.8, 4) is 0 Å². The van der Waals surface area contributed by atoms with E-state index in [1.165, 1.54) is 6.07 Å². The highest BCUT2D eigenvalue weighted by molar-refractivity contribution is 5.80. The summed E-state index contributed by atoms with van der Waals surface area (Å²) in [6.45, 7) is 7.26. The van der Waals surface area contributed by atoms with E-state index in [-0.39, 0.29) is 17.1 Å². The van der Waals surface area contributed by atoms with Crippen LogP contribution in [0.1, 0.15) is 18.4 Å². The number of carbonyl (C=O) groups is 1. The summed E-state index contributed by atoms with van der Waals surface area (Å²) in [5, 5.41) is 3.51. The summed E-state index contributed by atoms with van der Waals surface area (Å²) in [4.78, 5) is 23.3. The molecule has 1 N–H and O–H groups in total. The molecule has 2 aliphatic heterocycles. The van der Waals surface area contributed by atoms with Crippen molar-refractivity contribution in [3.63, 3.8) is 0 Å². The van der Waals surface area contributed by atoms with Gasteiger partial charge in [0.2, 0.25) is 5.91 Å². The average molecular weight is 418 g/mol. The molecule has 1 aromatic carbocycles. The van der Waals surface area contributed by atoms with Crippen molar-refractivity contribution in [1.82, 2.24) is 20.0 Å². The van der Waals surface area contributed by atoms with E-state index in [1.807, 2.05) is 11.0 Å². The van der Waals surface area contributed by atoms with E-state index in [9.17, 15) is 9.18 Å². The quantitative estimate of drug-likeness (QED) is 0.570. The lowest BCUT2D eigenvalue weighted by atomic mass is 9.96. The number of piperazine rings is 1. The fraction of sp³-hybridized carbons (Fsp3) is 0.636. The van der Waals surface area contributed by atoms with E-state index in [0.29, 0.717) is 32.8 Å². The van der Waals surface area contributed by atoms with Gasteiger partial charge in [-0.1, -0.05) is 12.1 Å². The van der Waals surface area contributed by atoms with Crippen molar-refractivity contribution in [1.29, 1.82) is 0 Å². The third kappa shape index (κ3) is 4.92. The second kappa shape index (κ2) is 9.31. The molecule has 3 fully saturated rings. The van der Waals surface area contributed by atoms with Crippen molar-refractivity contribution < 1.29 is 13.9 Å². The second-order valence-corrected chi connectivity index (χ2v) is 8.45. The van der Waals surface area contributed by atoms with E-state index in [0.717, 1.165) is 57.1 Å². The predicted molar refractivity (Wildman–Crippen MR) is 114 cm³/mol. The number of guanidine groups is 1. The van der Waals surface area contributed by atoms with Gasteiger partial charge in [0.1, 0.15) is 5.82 Å². The fourth-order valence-corrected chi connectivity index (χ4v) is 4.34. The number of rotatable bonds is 5. The first-order valence-corrected chi connectivity index (χ1v) is 10.9. The molecule has 1 amide bonds. The lowest BCUT2D eigenvalue weighted by Gasteiger charge is -2.37. The van der Waals surface area contributed by atoms with Gasteiger partial charge in [0.05, 0.1) is 19.8 Å². The topological polar surface area (TPSA) is 60.4 Å². The van der Waals surface area contributed by atoms with Crippen LogP contribution in [-0.4, -0.2) is 99.2 Å². The van der Waals surface area contributed by atoms with Crippen molar-refractivity contribution in [3.05, 3.63) is 35.6 Å². The Balaban J connectivity index is 1.25. The molecule has 4 rings (SSSR count). The Morgan fingerprint density at radius 1 is 1.13 bits per heavy atom. The van der Waals surface area contributed by atoms with E-state index in [2.05, 4.69) is 20.1 Å². The van der Waals surface area contributed by atoms with Gasteiger partial charge in [0.25, 0.3) is 0 Å². The van der Waals surface area contributed by atoms with Crippen molar-refractivity contribution in [2.75, 3.05) is 72.6 Å². The number of morpholine rings is 1. The average Bonchev–Trinajstić information content (AvgIpc) is 3.57. The Kier molecular flexibility index (Phi) is 6.53. The van der Waals surface area contributed by atoms with Crippen LogP contribution in [0.15, 0.2) is 29.3 Å². The number of carbonyl (C=O) groups excluding carboxylic acids is 1. The maximum absolute atomic E-state index is 13.6. The molecule has 0 bridgehead atoms. The highest BCUT2D eigenvalue weighted by Gasteiger charge is 2.44. The van der Waals surface area contributed by atoms with Crippen LogP contribution in [0, 0.1) is 5.82 Å². The molecule has 3 aliphatic rings. The second-order valence-electron chi connectivity index (χ2n) is 8.45. The lowest BCUT2D eigenvalue weighted by molar-refractivity contribution is -0.136. The number of aliphatic imine (C=N–C) groups is 1. The van der Waals surface area contributed by atoms with Crippen LogP contribution >= 0.6 is 0 Å². The van der Waals surface area contributed by atoms with Gasteiger partial charge in [-0.2, -0.15) is 0 Å². The van der Waals surface area contributed by atoms with Crippen molar-refractivity contribution in [2.24, 2.45) is 4.99 Å². The summed E-state index contributed by atoms with van der Waals surface area (Å²) in [6.07, 6.45) is 2.13.